The normalized spacial score (nSPS) is 12.0. The molecule has 0 amide bonds. The molecular weight excluding hydrogens is 458 g/mol. The van der Waals surface area contributed by atoms with Crippen LogP contribution >= 0.6 is 11.3 Å². The molecule has 4 rings (SSSR count). The molecule has 35 heavy (non-hydrogen) atoms. The maximum atomic E-state index is 11.8. The summed E-state index contributed by atoms with van der Waals surface area (Å²) in [6.07, 6.45) is 3.54. The zero-order valence-electron chi connectivity index (χ0n) is 19.2. The summed E-state index contributed by atoms with van der Waals surface area (Å²) in [6.45, 7) is 2.03. The van der Waals surface area contributed by atoms with Gasteiger partial charge < -0.3 is 15.3 Å². The molecule has 0 spiro atoms. The number of carboxylic acids is 1. The molecule has 0 aliphatic rings. The number of hydrogen-bond donors (Lipinski definition) is 2. The van der Waals surface area contributed by atoms with Crippen molar-refractivity contribution in [3.63, 3.8) is 0 Å². The predicted molar refractivity (Wildman–Crippen MR) is 140 cm³/mol. The van der Waals surface area contributed by atoms with Gasteiger partial charge in [0.15, 0.2) is 5.13 Å². The molecule has 0 radical (unpaired) electrons. The number of carboxylic acid groups (broad SMARTS) is 1. The van der Waals surface area contributed by atoms with Crippen LogP contribution in [0.25, 0.3) is 0 Å². The molecule has 176 valence electrons. The smallest absolute Gasteiger partial charge is 0.360 e. The van der Waals surface area contributed by atoms with Gasteiger partial charge in [0.05, 0.1) is 0 Å². The van der Waals surface area contributed by atoms with Gasteiger partial charge in [-0.15, -0.1) is 11.3 Å². The number of allylic oxidation sites excluding steroid dienone is 1. The van der Waals surface area contributed by atoms with Crippen LogP contribution in [0.3, 0.4) is 0 Å². The van der Waals surface area contributed by atoms with Crippen molar-refractivity contribution in [3.05, 3.63) is 131 Å². The molecule has 0 bridgehead atoms. The topological polar surface area (TPSA) is 83.8 Å². The fraction of sp³-hybridized carbons (Fsp3) is 0.107. The van der Waals surface area contributed by atoms with Gasteiger partial charge in [0, 0.05) is 5.38 Å². The lowest BCUT2D eigenvalue weighted by atomic mass is 9.77. The highest BCUT2D eigenvalue weighted by Crippen LogP contribution is 2.40. The minimum absolute atomic E-state index is 0.182. The Hall–Kier alpha value is -4.23. The Bertz CT molecular complexity index is 1210. The zero-order valence-corrected chi connectivity index (χ0v) is 20.0. The van der Waals surface area contributed by atoms with E-state index in [0.29, 0.717) is 5.13 Å². The van der Waals surface area contributed by atoms with Crippen LogP contribution in [-0.4, -0.2) is 28.4 Å². The lowest BCUT2D eigenvalue weighted by Crippen LogP contribution is -2.38. The van der Waals surface area contributed by atoms with Gasteiger partial charge in [0.1, 0.15) is 17.8 Å². The molecule has 4 aromatic rings. The van der Waals surface area contributed by atoms with E-state index in [2.05, 4.69) is 51.9 Å². The van der Waals surface area contributed by atoms with E-state index in [1.54, 1.807) is 17.5 Å². The highest BCUT2D eigenvalue weighted by Gasteiger charge is 2.37. The molecule has 0 atom stereocenters. The van der Waals surface area contributed by atoms with Gasteiger partial charge in [0.2, 0.25) is 5.71 Å². The van der Waals surface area contributed by atoms with Crippen LogP contribution < -0.4 is 5.32 Å². The molecule has 0 aliphatic carbocycles. The number of thiazole rings is 1. The lowest BCUT2D eigenvalue weighted by Gasteiger charge is -2.36. The van der Waals surface area contributed by atoms with E-state index in [0.717, 1.165) is 16.7 Å². The van der Waals surface area contributed by atoms with Gasteiger partial charge in [-0.25, -0.2) is 9.78 Å². The number of benzene rings is 3. The van der Waals surface area contributed by atoms with E-state index in [-0.39, 0.29) is 18.0 Å². The van der Waals surface area contributed by atoms with Crippen LogP contribution in [0.4, 0.5) is 5.13 Å². The standard InChI is InChI=1S/C28H25N3O3S/c1-2-3-19-34-31-25(26(32)33)24-20-35-27(29-24)30-28(21-13-7-4-8-14-21,22-15-9-5-10-16-22)23-17-11-6-12-18-23/h2-18,20H,19H2,1H3,(H,29,30)(H,32,33)/b3-2+,31-25+. The molecule has 0 fully saturated rings. The summed E-state index contributed by atoms with van der Waals surface area (Å²) in [5.74, 6) is -1.21. The number of nitrogens with one attached hydrogen (secondary N) is 1. The summed E-state index contributed by atoms with van der Waals surface area (Å²) in [5.41, 5.74) is 2.29. The van der Waals surface area contributed by atoms with Gasteiger partial charge in [-0.1, -0.05) is 102 Å². The van der Waals surface area contributed by atoms with Crippen molar-refractivity contribution in [2.45, 2.75) is 12.5 Å². The molecule has 0 aliphatic heterocycles. The molecule has 6 nitrogen and oxygen atoms in total. The van der Waals surface area contributed by atoms with Gasteiger partial charge in [-0.3, -0.25) is 0 Å². The Morgan fingerprint density at radius 3 is 1.94 bits per heavy atom. The molecule has 1 aromatic heterocycles. The number of oxime groups is 1. The van der Waals surface area contributed by atoms with Crippen molar-refractivity contribution in [2.75, 3.05) is 11.9 Å². The van der Waals surface area contributed by atoms with Gasteiger partial charge >= 0.3 is 5.97 Å². The average molecular weight is 484 g/mol. The highest BCUT2D eigenvalue weighted by molar-refractivity contribution is 7.14. The number of hydrogen-bond acceptors (Lipinski definition) is 6. The number of carbonyl (C=O) groups is 1. The second kappa shape index (κ2) is 11.3. The summed E-state index contributed by atoms with van der Waals surface area (Å²) >= 11 is 1.31. The van der Waals surface area contributed by atoms with Crippen LogP contribution in [0.2, 0.25) is 0 Å². The SMILES string of the molecule is C/C=C/CO/N=C(/C(=O)O)c1csc(NC(c2ccccc2)(c2ccccc2)c2ccccc2)n1. The van der Waals surface area contributed by atoms with Gasteiger partial charge in [-0.2, -0.15) is 0 Å². The predicted octanol–water partition coefficient (Wildman–Crippen LogP) is 5.93. The number of aromatic nitrogens is 1. The monoisotopic (exact) mass is 483 g/mol. The van der Waals surface area contributed by atoms with E-state index in [9.17, 15) is 9.90 Å². The van der Waals surface area contributed by atoms with Crippen LogP contribution in [-0.2, 0) is 15.2 Å². The summed E-state index contributed by atoms with van der Waals surface area (Å²) in [7, 11) is 0. The van der Waals surface area contributed by atoms with Crippen molar-refractivity contribution in [1.82, 2.24) is 4.98 Å². The Morgan fingerprint density at radius 1 is 0.971 bits per heavy atom. The molecule has 0 saturated carbocycles. The third kappa shape index (κ3) is 5.31. The Morgan fingerprint density at radius 2 is 1.49 bits per heavy atom. The third-order valence-corrected chi connectivity index (χ3v) is 6.18. The summed E-state index contributed by atoms with van der Waals surface area (Å²) in [5, 5.41) is 19.3. The van der Waals surface area contributed by atoms with E-state index >= 15 is 0 Å². The summed E-state index contributed by atoms with van der Waals surface area (Å²) < 4.78 is 0. The summed E-state index contributed by atoms with van der Waals surface area (Å²) in [4.78, 5) is 21.6. The van der Waals surface area contributed by atoms with E-state index in [1.807, 2.05) is 61.5 Å². The fourth-order valence-corrected chi connectivity index (χ4v) is 4.57. The first-order chi connectivity index (χ1) is 17.1. The van der Waals surface area contributed by atoms with Crippen LogP contribution in [0.15, 0.2) is 114 Å². The van der Waals surface area contributed by atoms with E-state index < -0.39 is 11.5 Å². The van der Waals surface area contributed by atoms with E-state index in [1.165, 1.54) is 11.3 Å². The Kier molecular flexibility index (Phi) is 7.70. The van der Waals surface area contributed by atoms with Crippen molar-refractivity contribution < 1.29 is 14.7 Å². The molecular formula is C28H25N3O3S. The average Bonchev–Trinajstić information content (AvgIpc) is 3.36. The fourth-order valence-electron chi connectivity index (χ4n) is 3.82. The van der Waals surface area contributed by atoms with Crippen LogP contribution in [0, 0.1) is 0 Å². The van der Waals surface area contributed by atoms with Gasteiger partial charge in [0.25, 0.3) is 0 Å². The number of aliphatic carboxylic acids is 1. The quantitative estimate of drug-likeness (QED) is 0.0960. The van der Waals surface area contributed by atoms with Crippen LogP contribution in [0.1, 0.15) is 29.3 Å². The first-order valence-electron chi connectivity index (χ1n) is 11.1. The van der Waals surface area contributed by atoms with Crippen molar-refractivity contribution >= 4 is 28.1 Å². The molecule has 3 aromatic carbocycles. The van der Waals surface area contributed by atoms with Crippen molar-refractivity contribution in [3.8, 4) is 0 Å². The third-order valence-electron chi connectivity index (χ3n) is 5.43. The minimum atomic E-state index is -1.21. The number of anilines is 1. The Balaban J connectivity index is 1.81. The second-order valence-electron chi connectivity index (χ2n) is 7.62. The summed E-state index contributed by atoms with van der Waals surface area (Å²) in [6, 6.07) is 30.4. The first kappa shape index (κ1) is 23.9. The molecule has 0 saturated heterocycles. The zero-order chi connectivity index (χ0) is 24.5. The van der Waals surface area contributed by atoms with Gasteiger partial charge in [-0.05, 0) is 29.7 Å². The van der Waals surface area contributed by atoms with Crippen molar-refractivity contribution in [2.24, 2.45) is 5.16 Å². The maximum absolute atomic E-state index is 11.8. The van der Waals surface area contributed by atoms with E-state index in [4.69, 9.17) is 4.84 Å². The molecule has 0 unspecified atom stereocenters. The lowest BCUT2D eigenvalue weighted by molar-refractivity contribution is -0.129. The molecule has 1 heterocycles. The maximum Gasteiger partial charge on any atom is 0.360 e. The van der Waals surface area contributed by atoms with Crippen LogP contribution in [0.5, 0.6) is 0 Å². The highest BCUT2D eigenvalue weighted by atomic mass is 32.1. The van der Waals surface area contributed by atoms with Crippen molar-refractivity contribution in [1.29, 1.82) is 0 Å². The number of nitrogens with zero attached hydrogens (tertiary/aromatic N) is 2. The minimum Gasteiger partial charge on any atom is -0.476 e. The second-order valence-corrected chi connectivity index (χ2v) is 8.48. The molecule has 2 N–H and O–H groups in total. The first-order valence-corrected chi connectivity index (χ1v) is 12.0. The molecule has 7 heteroatoms. The number of rotatable bonds is 10. The Labute approximate surface area is 208 Å². The largest absolute Gasteiger partial charge is 0.476 e.